The first-order chi connectivity index (χ1) is 13.8. The van der Waals surface area contributed by atoms with Crippen molar-refractivity contribution >= 4 is 22.8 Å². The summed E-state index contributed by atoms with van der Waals surface area (Å²) in [4.78, 5) is 23.8. The molecule has 152 valence electrons. The molecule has 0 unspecified atom stereocenters. The van der Waals surface area contributed by atoms with Crippen molar-refractivity contribution in [3.05, 3.63) is 64.9 Å². The molecule has 0 aliphatic carbocycles. The van der Waals surface area contributed by atoms with Crippen molar-refractivity contribution in [2.24, 2.45) is 5.73 Å². The topological polar surface area (TPSA) is 115 Å². The number of aliphatic hydroxyl groups is 1. The number of nitrogens with two attached hydrogens (primary N) is 1. The quantitative estimate of drug-likeness (QED) is 0.558. The molecule has 0 saturated heterocycles. The van der Waals surface area contributed by atoms with Crippen LogP contribution in [0.5, 0.6) is 5.75 Å². The highest BCUT2D eigenvalue weighted by Crippen LogP contribution is 2.29. The van der Waals surface area contributed by atoms with Crippen molar-refractivity contribution in [3.8, 4) is 5.75 Å². The molecule has 2 amide bonds. The van der Waals surface area contributed by atoms with Gasteiger partial charge in [-0.3, -0.25) is 9.59 Å². The monoisotopic (exact) mass is 404 g/mol. The van der Waals surface area contributed by atoms with E-state index in [1.807, 2.05) is 0 Å². The molecule has 3 rings (SSSR count). The molecule has 0 bridgehead atoms. The number of hydrogen-bond acceptors (Lipinski definition) is 5. The SMILES string of the molecule is Cc1oc2ccc(OCc3ccc(F)cc3F)cc2c1C(=O)N[C@@H](CO)C(N)=O. The molecular weight excluding hydrogens is 386 g/mol. The summed E-state index contributed by atoms with van der Waals surface area (Å²) in [6, 6.07) is 6.61. The fraction of sp³-hybridized carbons (Fsp3) is 0.200. The lowest BCUT2D eigenvalue weighted by molar-refractivity contribution is -0.120. The van der Waals surface area contributed by atoms with Gasteiger partial charge < -0.3 is 25.3 Å². The van der Waals surface area contributed by atoms with Crippen LogP contribution in [0.25, 0.3) is 11.0 Å². The molecule has 1 aromatic heterocycles. The zero-order valence-corrected chi connectivity index (χ0v) is 15.4. The largest absolute Gasteiger partial charge is 0.489 e. The number of carbonyl (C=O) groups is 2. The molecule has 1 heterocycles. The molecule has 0 spiro atoms. The Morgan fingerprint density at radius 1 is 1.24 bits per heavy atom. The molecule has 0 aliphatic rings. The maximum absolute atomic E-state index is 13.8. The number of ether oxygens (including phenoxy) is 1. The Morgan fingerprint density at radius 2 is 2.00 bits per heavy atom. The molecule has 0 saturated carbocycles. The standard InChI is InChI=1S/C20H18F2N2O5/c1-10-18(20(27)24-16(8-25)19(23)26)14-7-13(4-5-17(14)29-10)28-9-11-2-3-12(21)6-15(11)22/h2-7,16,25H,8-9H2,1H3,(H2,23,26)(H,24,27)/t16-/m0/s1. The van der Waals surface area contributed by atoms with Crippen LogP contribution in [0.4, 0.5) is 8.78 Å². The summed E-state index contributed by atoms with van der Waals surface area (Å²) in [5.41, 5.74) is 5.84. The van der Waals surface area contributed by atoms with E-state index in [2.05, 4.69) is 5.32 Å². The molecule has 7 nitrogen and oxygen atoms in total. The highest BCUT2D eigenvalue weighted by molar-refractivity contribution is 6.08. The van der Waals surface area contributed by atoms with Gasteiger partial charge in [0, 0.05) is 17.0 Å². The second-order valence-corrected chi connectivity index (χ2v) is 6.33. The van der Waals surface area contributed by atoms with Crippen molar-refractivity contribution in [1.29, 1.82) is 0 Å². The summed E-state index contributed by atoms with van der Waals surface area (Å²) < 4.78 is 37.9. The van der Waals surface area contributed by atoms with Crippen LogP contribution in [0.2, 0.25) is 0 Å². The van der Waals surface area contributed by atoms with Gasteiger partial charge in [-0.2, -0.15) is 0 Å². The summed E-state index contributed by atoms with van der Waals surface area (Å²) in [7, 11) is 0. The molecule has 0 radical (unpaired) electrons. The fourth-order valence-corrected chi connectivity index (χ4v) is 2.81. The number of amides is 2. The third kappa shape index (κ3) is 4.35. The van der Waals surface area contributed by atoms with Gasteiger partial charge in [-0.1, -0.05) is 0 Å². The number of nitrogens with one attached hydrogen (secondary N) is 1. The third-order valence-electron chi connectivity index (χ3n) is 4.30. The zero-order valence-electron chi connectivity index (χ0n) is 15.4. The summed E-state index contributed by atoms with van der Waals surface area (Å²) in [5.74, 6) is -2.33. The van der Waals surface area contributed by atoms with E-state index in [4.69, 9.17) is 14.9 Å². The Bertz CT molecular complexity index is 1080. The first-order valence-corrected chi connectivity index (χ1v) is 8.61. The number of furan rings is 1. The Kier molecular flexibility index (Phi) is 5.79. The molecule has 3 aromatic rings. The molecule has 0 aliphatic heterocycles. The molecule has 29 heavy (non-hydrogen) atoms. The number of benzene rings is 2. The van der Waals surface area contributed by atoms with Crippen molar-refractivity contribution < 1.29 is 32.6 Å². The number of aliphatic hydroxyl groups excluding tert-OH is 1. The maximum atomic E-state index is 13.8. The van der Waals surface area contributed by atoms with Crippen LogP contribution in [0, 0.1) is 18.6 Å². The lowest BCUT2D eigenvalue weighted by Gasteiger charge is -2.12. The van der Waals surface area contributed by atoms with Crippen LogP contribution < -0.4 is 15.8 Å². The molecule has 2 aromatic carbocycles. The number of halogens is 2. The van der Waals surface area contributed by atoms with E-state index < -0.39 is 36.1 Å². The van der Waals surface area contributed by atoms with Gasteiger partial charge in [0.15, 0.2) is 0 Å². The molecule has 9 heteroatoms. The second-order valence-electron chi connectivity index (χ2n) is 6.33. The summed E-state index contributed by atoms with van der Waals surface area (Å²) in [6.07, 6.45) is 0. The van der Waals surface area contributed by atoms with E-state index in [0.717, 1.165) is 12.1 Å². The van der Waals surface area contributed by atoms with Crippen LogP contribution in [-0.4, -0.2) is 29.6 Å². The molecule has 4 N–H and O–H groups in total. The smallest absolute Gasteiger partial charge is 0.256 e. The van der Waals surface area contributed by atoms with Crippen LogP contribution in [0.3, 0.4) is 0 Å². The number of rotatable bonds is 7. The fourth-order valence-electron chi connectivity index (χ4n) is 2.81. The van der Waals surface area contributed by atoms with Gasteiger partial charge in [-0.05, 0) is 37.3 Å². The summed E-state index contributed by atoms with van der Waals surface area (Å²) in [6.45, 7) is 0.777. The van der Waals surface area contributed by atoms with Crippen LogP contribution >= 0.6 is 0 Å². The van der Waals surface area contributed by atoms with Gasteiger partial charge in [-0.25, -0.2) is 8.78 Å². The third-order valence-corrected chi connectivity index (χ3v) is 4.30. The van der Waals surface area contributed by atoms with Gasteiger partial charge in [0.25, 0.3) is 5.91 Å². The summed E-state index contributed by atoms with van der Waals surface area (Å²) >= 11 is 0. The average Bonchev–Trinajstić information content (AvgIpc) is 3.00. The van der Waals surface area contributed by atoms with E-state index in [1.165, 1.54) is 12.1 Å². The molecule has 0 fully saturated rings. The highest BCUT2D eigenvalue weighted by Gasteiger charge is 2.23. The lowest BCUT2D eigenvalue weighted by atomic mass is 10.1. The van der Waals surface area contributed by atoms with Crippen LogP contribution in [-0.2, 0) is 11.4 Å². The predicted octanol–water partition coefficient (Wildman–Crippen LogP) is 2.17. The van der Waals surface area contributed by atoms with E-state index in [0.29, 0.717) is 22.5 Å². The first-order valence-electron chi connectivity index (χ1n) is 8.61. The Balaban J connectivity index is 1.86. The average molecular weight is 404 g/mol. The Morgan fingerprint density at radius 3 is 2.66 bits per heavy atom. The maximum Gasteiger partial charge on any atom is 0.256 e. The van der Waals surface area contributed by atoms with E-state index >= 15 is 0 Å². The minimum absolute atomic E-state index is 0.149. The number of hydrogen-bond donors (Lipinski definition) is 3. The van der Waals surface area contributed by atoms with E-state index in [9.17, 15) is 23.5 Å². The van der Waals surface area contributed by atoms with Crippen molar-refractivity contribution in [2.45, 2.75) is 19.6 Å². The van der Waals surface area contributed by atoms with Crippen LogP contribution in [0.15, 0.2) is 40.8 Å². The Labute approximate surface area is 164 Å². The lowest BCUT2D eigenvalue weighted by Crippen LogP contribution is -2.46. The van der Waals surface area contributed by atoms with Crippen LogP contribution in [0.1, 0.15) is 21.7 Å². The second kappa shape index (κ2) is 8.27. The van der Waals surface area contributed by atoms with E-state index in [1.54, 1.807) is 19.1 Å². The zero-order chi connectivity index (χ0) is 21.1. The summed E-state index contributed by atoms with van der Waals surface area (Å²) in [5, 5.41) is 11.9. The van der Waals surface area contributed by atoms with Gasteiger partial charge in [-0.15, -0.1) is 0 Å². The van der Waals surface area contributed by atoms with Crippen molar-refractivity contribution in [1.82, 2.24) is 5.32 Å². The van der Waals surface area contributed by atoms with Crippen molar-refractivity contribution in [3.63, 3.8) is 0 Å². The number of fused-ring (bicyclic) bond motifs is 1. The van der Waals surface area contributed by atoms with Gasteiger partial charge in [0.05, 0.1) is 12.2 Å². The Hall–Kier alpha value is -3.46. The van der Waals surface area contributed by atoms with Crippen molar-refractivity contribution in [2.75, 3.05) is 6.61 Å². The number of carbonyl (C=O) groups excluding carboxylic acids is 2. The van der Waals surface area contributed by atoms with Gasteiger partial charge >= 0.3 is 0 Å². The number of primary amides is 1. The predicted molar refractivity (Wildman–Crippen MR) is 99.2 cm³/mol. The minimum atomic E-state index is -1.24. The molecule has 1 atom stereocenters. The number of aryl methyl sites for hydroxylation is 1. The normalized spacial score (nSPS) is 12.0. The van der Waals surface area contributed by atoms with E-state index in [-0.39, 0.29) is 17.7 Å². The first kappa shape index (κ1) is 20.3. The van der Waals surface area contributed by atoms with Gasteiger partial charge in [0.1, 0.15) is 41.4 Å². The minimum Gasteiger partial charge on any atom is -0.489 e. The van der Waals surface area contributed by atoms with Gasteiger partial charge in [0.2, 0.25) is 5.91 Å². The molecular formula is C20H18F2N2O5. The highest BCUT2D eigenvalue weighted by atomic mass is 19.1.